The molecule has 1 aliphatic carbocycles. The number of pyridine rings is 2. The van der Waals surface area contributed by atoms with Crippen LogP contribution in [0.1, 0.15) is 31.7 Å². The fourth-order valence-corrected chi connectivity index (χ4v) is 6.00. The van der Waals surface area contributed by atoms with E-state index in [0.29, 0.717) is 18.5 Å². The third kappa shape index (κ3) is 4.66. The van der Waals surface area contributed by atoms with E-state index in [1.165, 1.54) is 19.0 Å². The molecule has 5 rings (SSSR count). The Morgan fingerprint density at radius 1 is 1.17 bits per heavy atom. The quantitative estimate of drug-likeness (QED) is 0.642. The minimum Gasteiger partial charge on any atom is -0.481 e. The number of amides is 1. The number of nitrogens with zero attached hydrogens (tertiary/aromatic N) is 5. The van der Waals surface area contributed by atoms with Crippen LogP contribution >= 0.6 is 0 Å². The number of carbonyl (C=O) groups excluding carboxylic acids is 1. The van der Waals surface area contributed by atoms with Gasteiger partial charge in [0.2, 0.25) is 5.88 Å². The number of ether oxygens (including phenoxy) is 2. The Labute approximate surface area is 206 Å². The van der Waals surface area contributed by atoms with Gasteiger partial charge in [0.1, 0.15) is 11.6 Å². The number of methoxy groups -OCH3 is 1. The highest BCUT2D eigenvalue weighted by molar-refractivity contribution is 5.76. The highest BCUT2D eigenvalue weighted by atomic mass is 19.1. The van der Waals surface area contributed by atoms with Gasteiger partial charge in [0, 0.05) is 73.6 Å². The number of anilines is 1. The van der Waals surface area contributed by atoms with Crippen molar-refractivity contribution in [1.29, 1.82) is 0 Å². The van der Waals surface area contributed by atoms with Gasteiger partial charge in [-0.15, -0.1) is 0 Å². The summed E-state index contributed by atoms with van der Waals surface area (Å²) in [4.78, 5) is 27.5. The second kappa shape index (κ2) is 9.60. The Balaban J connectivity index is 1.22. The van der Waals surface area contributed by atoms with Gasteiger partial charge in [0.25, 0.3) is 0 Å². The lowest BCUT2D eigenvalue weighted by Crippen LogP contribution is -2.58. The van der Waals surface area contributed by atoms with Gasteiger partial charge in [-0.1, -0.05) is 0 Å². The van der Waals surface area contributed by atoms with Crippen molar-refractivity contribution < 1.29 is 18.7 Å². The summed E-state index contributed by atoms with van der Waals surface area (Å²) in [7, 11) is 1.59. The molecule has 0 aromatic carbocycles. The molecule has 1 spiro atoms. The van der Waals surface area contributed by atoms with Crippen LogP contribution in [0.3, 0.4) is 0 Å². The number of likely N-dealkylation sites (tertiary alicyclic amines) is 1. The average Bonchev–Trinajstić information content (AvgIpc) is 3.29. The molecule has 3 fully saturated rings. The number of piperazine rings is 1. The standard InChI is InChI=1S/C26H34FN5O3/c1-4-35-25(33)32-16-26(17-32)6-5-21(13-26)30-7-9-31(10-8-30)23-22(12-20(27)15-28-23)19-11-18(2)24(34-3)29-14-19/h11-12,14-15,21H,4-10,13,16-17H2,1-3H3/t21-/m1/s1. The molecule has 2 aromatic rings. The van der Waals surface area contributed by atoms with E-state index in [4.69, 9.17) is 9.47 Å². The lowest BCUT2D eigenvalue weighted by atomic mass is 9.78. The van der Waals surface area contributed by atoms with Gasteiger partial charge in [0.15, 0.2) is 0 Å². The van der Waals surface area contributed by atoms with Gasteiger partial charge >= 0.3 is 6.09 Å². The van der Waals surface area contributed by atoms with Crippen molar-refractivity contribution in [3.8, 4) is 17.0 Å². The SMILES string of the molecule is CCOC(=O)N1CC2(CC[C@@H](N3CCN(c4ncc(F)cc4-c4cnc(OC)c(C)c4)CC3)C2)C1. The summed E-state index contributed by atoms with van der Waals surface area (Å²) in [6, 6.07) is 4.07. The highest BCUT2D eigenvalue weighted by Crippen LogP contribution is 2.47. The maximum atomic E-state index is 14.2. The van der Waals surface area contributed by atoms with Crippen molar-refractivity contribution >= 4 is 11.9 Å². The van der Waals surface area contributed by atoms with Crippen molar-refractivity contribution in [1.82, 2.24) is 19.8 Å². The summed E-state index contributed by atoms with van der Waals surface area (Å²) < 4.78 is 24.6. The molecule has 1 atom stereocenters. The fourth-order valence-electron chi connectivity index (χ4n) is 6.00. The molecule has 0 radical (unpaired) electrons. The van der Waals surface area contributed by atoms with E-state index in [2.05, 4.69) is 19.8 Å². The molecular weight excluding hydrogens is 449 g/mol. The van der Waals surface area contributed by atoms with Crippen LogP contribution in [0.4, 0.5) is 15.0 Å². The number of halogens is 1. The van der Waals surface area contributed by atoms with Gasteiger partial charge in [-0.05, 0) is 45.2 Å². The lowest BCUT2D eigenvalue weighted by Gasteiger charge is -2.48. The molecule has 2 aromatic heterocycles. The summed E-state index contributed by atoms with van der Waals surface area (Å²) in [5.74, 6) is 1.01. The van der Waals surface area contributed by atoms with Crippen molar-refractivity contribution in [3.05, 3.63) is 35.9 Å². The van der Waals surface area contributed by atoms with Crippen molar-refractivity contribution in [2.24, 2.45) is 5.41 Å². The van der Waals surface area contributed by atoms with Crippen LogP contribution < -0.4 is 9.64 Å². The number of hydrogen-bond donors (Lipinski definition) is 0. The Morgan fingerprint density at radius 2 is 1.94 bits per heavy atom. The smallest absolute Gasteiger partial charge is 0.409 e. The molecule has 1 amide bonds. The minimum atomic E-state index is -0.357. The monoisotopic (exact) mass is 483 g/mol. The zero-order chi connectivity index (χ0) is 24.6. The first kappa shape index (κ1) is 23.8. The molecule has 0 N–H and O–H groups in total. The van der Waals surface area contributed by atoms with E-state index in [9.17, 15) is 9.18 Å². The summed E-state index contributed by atoms with van der Waals surface area (Å²) in [5, 5.41) is 0. The van der Waals surface area contributed by atoms with Crippen LogP contribution in [0.5, 0.6) is 5.88 Å². The normalized spacial score (nSPS) is 21.8. The van der Waals surface area contributed by atoms with E-state index in [1.807, 2.05) is 24.8 Å². The number of rotatable bonds is 5. The first-order valence-electron chi connectivity index (χ1n) is 12.5. The average molecular weight is 484 g/mol. The third-order valence-electron chi connectivity index (χ3n) is 7.75. The van der Waals surface area contributed by atoms with Crippen molar-refractivity contribution in [2.75, 3.05) is 57.9 Å². The molecule has 8 nitrogen and oxygen atoms in total. The third-order valence-corrected chi connectivity index (χ3v) is 7.75. The summed E-state index contributed by atoms with van der Waals surface area (Å²) in [6.45, 7) is 9.41. The maximum Gasteiger partial charge on any atom is 0.409 e. The second-order valence-electron chi connectivity index (χ2n) is 10.0. The van der Waals surface area contributed by atoms with Crippen molar-refractivity contribution in [2.45, 2.75) is 39.2 Å². The number of hydrogen-bond acceptors (Lipinski definition) is 7. The molecule has 1 saturated carbocycles. The van der Waals surface area contributed by atoms with Crippen LogP contribution in [-0.4, -0.2) is 84.9 Å². The summed E-state index contributed by atoms with van der Waals surface area (Å²) >= 11 is 0. The zero-order valence-corrected chi connectivity index (χ0v) is 20.8. The molecule has 0 unspecified atom stereocenters. The number of carbonyl (C=O) groups is 1. The Morgan fingerprint density at radius 3 is 2.63 bits per heavy atom. The molecule has 4 heterocycles. The van der Waals surface area contributed by atoms with Gasteiger partial charge < -0.3 is 19.3 Å². The molecule has 188 valence electrons. The van der Waals surface area contributed by atoms with Crippen LogP contribution in [-0.2, 0) is 4.74 Å². The van der Waals surface area contributed by atoms with Crippen LogP contribution in [0.25, 0.3) is 11.1 Å². The molecular formula is C26H34FN5O3. The first-order chi connectivity index (χ1) is 16.9. The zero-order valence-electron chi connectivity index (χ0n) is 20.8. The molecule has 0 bridgehead atoms. The van der Waals surface area contributed by atoms with E-state index in [1.54, 1.807) is 19.4 Å². The number of aryl methyl sites for hydroxylation is 1. The van der Waals surface area contributed by atoms with E-state index >= 15 is 0 Å². The minimum absolute atomic E-state index is 0.181. The second-order valence-corrected chi connectivity index (χ2v) is 10.0. The van der Waals surface area contributed by atoms with E-state index in [-0.39, 0.29) is 17.3 Å². The van der Waals surface area contributed by atoms with Gasteiger partial charge in [-0.3, -0.25) is 4.90 Å². The van der Waals surface area contributed by atoms with E-state index in [0.717, 1.165) is 68.2 Å². The largest absolute Gasteiger partial charge is 0.481 e. The topological polar surface area (TPSA) is 71.0 Å². The van der Waals surface area contributed by atoms with Gasteiger partial charge in [-0.25, -0.2) is 19.2 Å². The lowest BCUT2D eigenvalue weighted by molar-refractivity contribution is -0.00294. The first-order valence-corrected chi connectivity index (χ1v) is 12.5. The number of aromatic nitrogens is 2. The summed E-state index contributed by atoms with van der Waals surface area (Å²) in [6.07, 6.45) is 6.31. The predicted octanol–water partition coefficient (Wildman–Crippen LogP) is 3.73. The molecule has 35 heavy (non-hydrogen) atoms. The highest BCUT2D eigenvalue weighted by Gasteiger charge is 2.51. The molecule has 2 saturated heterocycles. The Kier molecular flexibility index (Phi) is 6.53. The van der Waals surface area contributed by atoms with Crippen molar-refractivity contribution in [3.63, 3.8) is 0 Å². The van der Waals surface area contributed by atoms with E-state index < -0.39 is 0 Å². The molecule has 9 heteroatoms. The van der Waals surface area contributed by atoms with Gasteiger partial charge in [0.05, 0.1) is 19.9 Å². The van der Waals surface area contributed by atoms with Crippen LogP contribution in [0.15, 0.2) is 24.5 Å². The molecule has 3 aliphatic rings. The van der Waals surface area contributed by atoms with Crippen LogP contribution in [0, 0.1) is 18.2 Å². The Hall–Kier alpha value is -2.94. The summed E-state index contributed by atoms with van der Waals surface area (Å²) in [5.41, 5.74) is 2.75. The fraction of sp³-hybridized carbons (Fsp3) is 0.577. The van der Waals surface area contributed by atoms with Crippen LogP contribution in [0.2, 0.25) is 0 Å². The maximum absolute atomic E-state index is 14.2. The van der Waals surface area contributed by atoms with Gasteiger partial charge in [-0.2, -0.15) is 0 Å². The molecule has 2 aliphatic heterocycles. The Bertz CT molecular complexity index is 1080. The predicted molar refractivity (Wildman–Crippen MR) is 131 cm³/mol.